The third kappa shape index (κ3) is 4.83. The van der Waals surface area contributed by atoms with Crippen molar-refractivity contribution in [1.29, 1.82) is 5.26 Å². The van der Waals surface area contributed by atoms with Crippen LogP contribution >= 0.6 is 0 Å². The van der Waals surface area contributed by atoms with Gasteiger partial charge in [-0.3, -0.25) is 0 Å². The molecule has 0 unspecified atom stereocenters. The van der Waals surface area contributed by atoms with Gasteiger partial charge in [0.15, 0.2) is 0 Å². The van der Waals surface area contributed by atoms with E-state index in [0.717, 1.165) is 12.5 Å². The van der Waals surface area contributed by atoms with E-state index in [1.165, 1.54) is 16.4 Å². The first-order valence-electron chi connectivity index (χ1n) is 10.4. The van der Waals surface area contributed by atoms with Crippen molar-refractivity contribution in [1.82, 2.24) is 4.31 Å². The van der Waals surface area contributed by atoms with Gasteiger partial charge in [0.1, 0.15) is 0 Å². The van der Waals surface area contributed by atoms with Gasteiger partial charge in [0.25, 0.3) is 0 Å². The molecule has 172 valence electrons. The molecule has 0 amide bonds. The third-order valence-corrected chi connectivity index (χ3v) is 8.31. The summed E-state index contributed by atoms with van der Waals surface area (Å²) in [5, 5.41) is 9.04. The maximum atomic E-state index is 13.4. The molecule has 0 aliphatic carbocycles. The summed E-state index contributed by atoms with van der Waals surface area (Å²) < 4.78 is 72.8. The number of nitriles is 1. The Morgan fingerprint density at radius 1 is 1.32 bits per heavy atom. The number of sulfonamides is 1. The van der Waals surface area contributed by atoms with Crippen LogP contribution < -0.4 is 4.90 Å². The van der Waals surface area contributed by atoms with E-state index >= 15 is 0 Å². The SMILES string of the molecule is CCCCS(=O)(=O)N1CC[C@@H]2CN(c3ccc(C#N)c(C(F)(F)F)c3)C[C@]2(COC)C1. The van der Waals surface area contributed by atoms with Crippen molar-refractivity contribution in [3.05, 3.63) is 29.3 Å². The molecule has 2 aliphatic heterocycles. The quantitative estimate of drug-likeness (QED) is 0.624. The topological polar surface area (TPSA) is 73.6 Å². The molecule has 10 heteroatoms. The molecule has 2 fully saturated rings. The average Bonchev–Trinajstić information content (AvgIpc) is 3.10. The van der Waals surface area contributed by atoms with Gasteiger partial charge in [-0.2, -0.15) is 18.4 Å². The second kappa shape index (κ2) is 8.96. The average molecular weight is 460 g/mol. The Labute approximate surface area is 181 Å². The molecule has 3 rings (SSSR count). The summed E-state index contributed by atoms with van der Waals surface area (Å²) in [6.45, 7) is 3.91. The highest BCUT2D eigenvalue weighted by Crippen LogP contribution is 2.45. The van der Waals surface area contributed by atoms with Gasteiger partial charge in [-0.25, -0.2) is 12.7 Å². The fourth-order valence-corrected chi connectivity index (χ4v) is 6.54. The van der Waals surface area contributed by atoms with Crippen LogP contribution in [-0.2, 0) is 20.9 Å². The van der Waals surface area contributed by atoms with Crippen LogP contribution in [0.15, 0.2) is 18.2 Å². The molecular weight excluding hydrogens is 431 g/mol. The summed E-state index contributed by atoms with van der Waals surface area (Å²) in [5.74, 6) is 0.209. The highest BCUT2D eigenvalue weighted by atomic mass is 32.2. The highest BCUT2D eigenvalue weighted by molar-refractivity contribution is 7.89. The van der Waals surface area contributed by atoms with Crippen molar-refractivity contribution in [2.75, 3.05) is 50.5 Å². The van der Waals surface area contributed by atoms with Crippen molar-refractivity contribution >= 4 is 15.7 Å². The number of nitrogens with zero attached hydrogens (tertiary/aromatic N) is 3. The van der Waals surface area contributed by atoms with Crippen LogP contribution in [0.5, 0.6) is 0 Å². The summed E-state index contributed by atoms with van der Waals surface area (Å²) in [6.07, 6.45) is -2.61. The summed E-state index contributed by atoms with van der Waals surface area (Å²) in [6, 6.07) is 5.35. The molecule has 0 saturated carbocycles. The van der Waals surface area contributed by atoms with E-state index in [2.05, 4.69) is 0 Å². The molecule has 0 N–H and O–H groups in total. The van der Waals surface area contributed by atoms with Gasteiger partial charge in [-0.1, -0.05) is 13.3 Å². The summed E-state index contributed by atoms with van der Waals surface area (Å²) >= 11 is 0. The summed E-state index contributed by atoms with van der Waals surface area (Å²) in [4.78, 5) is 1.86. The number of halogens is 3. The van der Waals surface area contributed by atoms with Crippen molar-refractivity contribution in [3.63, 3.8) is 0 Å². The molecule has 1 aromatic carbocycles. The van der Waals surface area contributed by atoms with E-state index in [1.807, 2.05) is 11.8 Å². The van der Waals surface area contributed by atoms with Crippen molar-refractivity contribution in [2.24, 2.45) is 11.3 Å². The molecule has 1 aromatic rings. The predicted octanol–water partition coefficient (Wildman–Crippen LogP) is 3.48. The summed E-state index contributed by atoms with van der Waals surface area (Å²) in [5.41, 5.74) is -1.46. The molecule has 2 atom stereocenters. The number of piperidine rings is 1. The van der Waals surface area contributed by atoms with Gasteiger partial charge < -0.3 is 9.64 Å². The zero-order chi connectivity index (χ0) is 22.9. The van der Waals surface area contributed by atoms with Crippen LogP contribution in [0, 0.1) is 22.7 Å². The number of anilines is 1. The first-order valence-corrected chi connectivity index (χ1v) is 12.0. The van der Waals surface area contributed by atoms with E-state index in [-0.39, 0.29) is 11.7 Å². The molecule has 0 spiro atoms. The van der Waals surface area contributed by atoms with Gasteiger partial charge in [0.05, 0.1) is 29.6 Å². The van der Waals surface area contributed by atoms with Crippen LogP contribution in [0.1, 0.15) is 37.3 Å². The first kappa shape index (κ1) is 23.8. The van der Waals surface area contributed by atoms with Crippen LogP contribution in [0.25, 0.3) is 0 Å². The van der Waals surface area contributed by atoms with E-state index in [1.54, 1.807) is 13.2 Å². The minimum atomic E-state index is -4.62. The first-order chi connectivity index (χ1) is 14.6. The number of fused-ring (bicyclic) bond motifs is 1. The van der Waals surface area contributed by atoms with Crippen LogP contribution in [0.3, 0.4) is 0 Å². The highest BCUT2D eigenvalue weighted by Gasteiger charge is 2.52. The number of rotatable bonds is 7. The Balaban J connectivity index is 1.89. The van der Waals surface area contributed by atoms with Gasteiger partial charge in [-0.05, 0) is 37.0 Å². The van der Waals surface area contributed by atoms with Gasteiger partial charge in [0.2, 0.25) is 10.0 Å². The van der Waals surface area contributed by atoms with Crippen LogP contribution in [0.2, 0.25) is 0 Å². The molecule has 2 saturated heterocycles. The van der Waals surface area contributed by atoms with E-state index < -0.39 is 32.7 Å². The normalized spacial score (nSPS) is 24.8. The monoisotopic (exact) mass is 459 g/mol. The standard InChI is InChI=1S/C21H28F3N3O3S/c1-3-4-9-31(28,29)27-8-7-17-12-26(13-20(17,14-27)15-30-2)18-6-5-16(11-25)19(10-18)21(22,23)24/h5-6,10,17H,3-4,7-9,12-15H2,1-2H3/t17-,20-/m1/s1. The molecule has 0 aromatic heterocycles. The number of hydrogen-bond acceptors (Lipinski definition) is 5. The van der Waals surface area contributed by atoms with Crippen LogP contribution in [0.4, 0.5) is 18.9 Å². The molecule has 0 bridgehead atoms. The number of hydrogen-bond donors (Lipinski definition) is 0. The molecule has 6 nitrogen and oxygen atoms in total. The van der Waals surface area contributed by atoms with Crippen molar-refractivity contribution < 1.29 is 26.3 Å². The number of ether oxygens (including phenoxy) is 1. The fourth-order valence-electron chi connectivity index (χ4n) is 4.79. The second-order valence-corrected chi connectivity index (χ2v) is 10.6. The zero-order valence-electron chi connectivity index (χ0n) is 17.8. The molecule has 2 aliphatic rings. The maximum absolute atomic E-state index is 13.4. The van der Waals surface area contributed by atoms with E-state index in [9.17, 15) is 21.6 Å². The summed E-state index contributed by atoms with van der Waals surface area (Å²) in [7, 11) is -1.83. The number of unbranched alkanes of at least 4 members (excludes halogenated alkanes) is 1. The Hall–Kier alpha value is -1.83. The number of alkyl halides is 3. The lowest BCUT2D eigenvalue weighted by molar-refractivity contribution is -0.137. The fraction of sp³-hybridized carbons (Fsp3) is 0.667. The number of benzene rings is 1. The zero-order valence-corrected chi connectivity index (χ0v) is 18.6. The Morgan fingerprint density at radius 3 is 2.68 bits per heavy atom. The number of methoxy groups -OCH3 is 1. The lowest BCUT2D eigenvalue weighted by Crippen LogP contribution is -2.53. The van der Waals surface area contributed by atoms with Crippen molar-refractivity contribution in [3.8, 4) is 6.07 Å². The lowest BCUT2D eigenvalue weighted by atomic mass is 9.74. The van der Waals surface area contributed by atoms with E-state index in [0.29, 0.717) is 51.3 Å². The Bertz CT molecular complexity index is 945. The third-order valence-electron chi connectivity index (χ3n) is 6.41. The van der Waals surface area contributed by atoms with Gasteiger partial charge in [0, 0.05) is 44.4 Å². The van der Waals surface area contributed by atoms with E-state index in [4.69, 9.17) is 10.00 Å². The lowest BCUT2D eigenvalue weighted by Gasteiger charge is -2.43. The minimum absolute atomic E-state index is 0.103. The Kier molecular flexibility index (Phi) is 6.89. The van der Waals surface area contributed by atoms with Crippen molar-refractivity contribution in [2.45, 2.75) is 32.4 Å². The second-order valence-electron chi connectivity index (χ2n) is 8.50. The molecule has 31 heavy (non-hydrogen) atoms. The molecule has 0 radical (unpaired) electrons. The smallest absolute Gasteiger partial charge is 0.384 e. The molecule has 2 heterocycles. The Morgan fingerprint density at radius 2 is 2.06 bits per heavy atom. The van der Waals surface area contributed by atoms with Gasteiger partial charge >= 0.3 is 6.18 Å². The largest absolute Gasteiger partial charge is 0.417 e. The minimum Gasteiger partial charge on any atom is -0.384 e. The maximum Gasteiger partial charge on any atom is 0.417 e. The predicted molar refractivity (Wildman–Crippen MR) is 111 cm³/mol. The van der Waals surface area contributed by atoms with Gasteiger partial charge in [-0.15, -0.1) is 0 Å². The van der Waals surface area contributed by atoms with Crippen LogP contribution in [-0.4, -0.2) is 58.4 Å². The molecular formula is C21H28F3N3O3S.